The molecular formula is C24H37N5O. The fraction of sp³-hybridized carbons (Fsp3) is 0.583. The van der Waals surface area contributed by atoms with Gasteiger partial charge in [-0.3, -0.25) is 4.90 Å². The Balaban J connectivity index is 1.46. The van der Waals surface area contributed by atoms with Gasteiger partial charge in [-0.2, -0.15) is 0 Å². The molecular weight excluding hydrogens is 374 g/mol. The van der Waals surface area contributed by atoms with Gasteiger partial charge in [-0.05, 0) is 70.2 Å². The van der Waals surface area contributed by atoms with Crippen LogP contribution in [0.2, 0.25) is 0 Å². The minimum Gasteiger partial charge on any atom is -0.444 e. The van der Waals surface area contributed by atoms with Gasteiger partial charge in [-0.1, -0.05) is 31.2 Å². The molecule has 2 N–H and O–H groups in total. The summed E-state index contributed by atoms with van der Waals surface area (Å²) in [7, 11) is 0. The van der Waals surface area contributed by atoms with E-state index >= 15 is 0 Å². The third kappa shape index (κ3) is 6.33. The topological polar surface area (TPSA) is 65.7 Å². The fourth-order valence-electron chi connectivity index (χ4n) is 3.95. The van der Waals surface area contributed by atoms with Crippen LogP contribution in [0.15, 0.2) is 33.7 Å². The molecule has 0 unspecified atom stereocenters. The number of likely N-dealkylation sites (tertiary alicyclic amines) is 1. The summed E-state index contributed by atoms with van der Waals surface area (Å²) in [5.41, 5.74) is 3.68. The van der Waals surface area contributed by atoms with E-state index in [1.165, 1.54) is 24.0 Å². The average Bonchev–Trinajstić information content (AvgIpc) is 3.08. The first kappa shape index (κ1) is 22.3. The Morgan fingerprint density at radius 3 is 2.50 bits per heavy atom. The van der Waals surface area contributed by atoms with E-state index in [9.17, 15) is 0 Å². The highest BCUT2D eigenvalue weighted by molar-refractivity contribution is 5.79. The van der Waals surface area contributed by atoms with Gasteiger partial charge in [-0.15, -0.1) is 0 Å². The van der Waals surface area contributed by atoms with Gasteiger partial charge < -0.3 is 15.1 Å². The van der Waals surface area contributed by atoms with E-state index in [0.29, 0.717) is 12.5 Å². The lowest BCUT2D eigenvalue weighted by molar-refractivity contribution is 0.164. The molecule has 0 atom stereocenters. The molecule has 3 rings (SSSR count). The van der Waals surface area contributed by atoms with Crippen LogP contribution in [-0.2, 0) is 19.5 Å². The van der Waals surface area contributed by atoms with Gasteiger partial charge in [0, 0.05) is 13.1 Å². The van der Waals surface area contributed by atoms with E-state index < -0.39 is 0 Å². The van der Waals surface area contributed by atoms with E-state index in [1.807, 2.05) is 13.8 Å². The van der Waals surface area contributed by atoms with Crippen molar-refractivity contribution in [2.75, 3.05) is 26.2 Å². The second-order valence-electron chi connectivity index (χ2n) is 8.17. The van der Waals surface area contributed by atoms with Gasteiger partial charge in [0.1, 0.15) is 5.76 Å². The first-order chi connectivity index (χ1) is 14.6. The highest BCUT2D eigenvalue weighted by Gasteiger charge is 2.21. The summed E-state index contributed by atoms with van der Waals surface area (Å²) in [5, 5.41) is 6.95. The Kier molecular flexibility index (Phi) is 8.31. The third-order valence-electron chi connectivity index (χ3n) is 5.95. The molecule has 0 radical (unpaired) electrons. The number of aromatic nitrogens is 1. The first-order valence-electron chi connectivity index (χ1n) is 11.3. The molecule has 2 heterocycles. The van der Waals surface area contributed by atoms with E-state index in [4.69, 9.17) is 9.41 Å². The number of piperidine rings is 1. The second-order valence-corrected chi connectivity index (χ2v) is 8.17. The monoisotopic (exact) mass is 411 g/mol. The van der Waals surface area contributed by atoms with E-state index in [2.05, 4.69) is 58.6 Å². The van der Waals surface area contributed by atoms with Crippen LogP contribution < -0.4 is 10.6 Å². The van der Waals surface area contributed by atoms with Crippen molar-refractivity contribution in [1.29, 1.82) is 0 Å². The number of aliphatic imine (C=N–C) groups is 1. The predicted octanol–water partition coefficient (Wildman–Crippen LogP) is 3.82. The molecule has 1 aliphatic rings. The third-order valence-corrected chi connectivity index (χ3v) is 5.95. The van der Waals surface area contributed by atoms with Gasteiger partial charge in [0.15, 0.2) is 5.96 Å². The van der Waals surface area contributed by atoms with Crippen molar-refractivity contribution in [3.63, 3.8) is 0 Å². The van der Waals surface area contributed by atoms with Crippen LogP contribution in [0.5, 0.6) is 0 Å². The van der Waals surface area contributed by atoms with Crippen LogP contribution in [0.3, 0.4) is 0 Å². The molecule has 6 nitrogen and oxygen atoms in total. The van der Waals surface area contributed by atoms with Gasteiger partial charge in [0.25, 0.3) is 0 Å². The standard InChI is InChI=1S/C24H37N5O/c1-5-21-9-7-8-10-22(21)16-27-24(25-6-2)26-15-20-11-13-29(14-12-20)17-23-28-18(3)19(4)30-23/h7-10,20H,5-6,11-17H2,1-4H3,(H2,25,26,27). The van der Waals surface area contributed by atoms with Crippen molar-refractivity contribution in [3.05, 3.63) is 52.7 Å². The van der Waals surface area contributed by atoms with Gasteiger partial charge in [0.2, 0.25) is 5.89 Å². The normalized spacial score (nSPS) is 16.1. The van der Waals surface area contributed by atoms with Crippen molar-refractivity contribution in [3.8, 4) is 0 Å². The van der Waals surface area contributed by atoms with Crippen molar-refractivity contribution in [1.82, 2.24) is 20.5 Å². The number of hydrogen-bond acceptors (Lipinski definition) is 4. The lowest BCUT2D eigenvalue weighted by atomic mass is 9.97. The summed E-state index contributed by atoms with van der Waals surface area (Å²) in [4.78, 5) is 11.8. The number of nitrogens with one attached hydrogen (secondary N) is 2. The van der Waals surface area contributed by atoms with Crippen molar-refractivity contribution in [2.45, 2.75) is 60.0 Å². The van der Waals surface area contributed by atoms with Crippen LogP contribution in [-0.4, -0.2) is 42.0 Å². The Labute approximate surface area is 181 Å². The van der Waals surface area contributed by atoms with Crippen LogP contribution in [0, 0.1) is 19.8 Å². The smallest absolute Gasteiger partial charge is 0.208 e. The summed E-state index contributed by atoms with van der Waals surface area (Å²) in [6, 6.07) is 8.57. The quantitative estimate of drug-likeness (QED) is 0.511. The SMILES string of the molecule is CCNC(=NCc1ccccc1CC)NCC1CCN(Cc2nc(C)c(C)o2)CC1. The molecule has 0 aliphatic carbocycles. The minimum absolute atomic E-state index is 0.668. The summed E-state index contributed by atoms with van der Waals surface area (Å²) in [5.74, 6) is 3.36. The molecule has 0 amide bonds. The summed E-state index contributed by atoms with van der Waals surface area (Å²) >= 11 is 0. The molecule has 1 aromatic carbocycles. The van der Waals surface area contributed by atoms with Crippen molar-refractivity contribution >= 4 is 5.96 Å². The maximum absolute atomic E-state index is 5.74. The lowest BCUT2D eigenvalue weighted by Gasteiger charge is -2.31. The number of rotatable bonds is 8. The van der Waals surface area contributed by atoms with E-state index in [1.54, 1.807) is 0 Å². The Morgan fingerprint density at radius 2 is 1.87 bits per heavy atom. The molecule has 2 aromatic rings. The lowest BCUT2D eigenvalue weighted by Crippen LogP contribution is -2.42. The number of guanidine groups is 1. The highest BCUT2D eigenvalue weighted by atomic mass is 16.4. The second kappa shape index (κ2) is 11.2. The van der Waals surface area contributed by atoms with Crippen LogP contribution >= 0.6 is 0 Å². The number of nitrogens with zero attached hydrogens (tertiary/aromatic N) is 3. The molecule has 6 heteroatoms. The van der Waals surface area contributed by atoms with Gasteiger partial charge >= 0.3 is 0 Å². The molecule has 1 aromatic heterocycles. The van der Waals surface area contributed by atoms with Gasteiger partial charge in [0.05, 0.1) is 18.8 Å². The summed E-state index contributed by atoms with van der Waals surface area (Å²) in [6.45, 7) is 13.8. The number of hydrogen-bond donors (Lipinski definition) is 2. The zero-order valence-electron chi connectivity index (χ0n) is 19.0. The highest BCUT2D eigenvalue weighted by Crippen LogP contribution is 2.19. The molecule has 1 fully saturated rings. The first-order valence-corrected chi connectivity index (χ1v) is 11.3. The minimum atomic E-state index is 0.668. The van der Waals surface area contributed by atoms with Gasteiger partial charge in [-0.25, -0.2) is 9.98 Å². The van der Waals surface area contributed by atoms with E-state index in [0.717, 1.165) is 62.4 Å². The largest absolute Gasteiger partial charge is 0.444 e. The maximum Gasteiger partial charge on any atom is 0.208 e. The van der Waals surface area contributed by atoms with Crippen molar-refractivity contribution < 1.29 is 4.42 Å². The summed E-state index contributed by atoms with van der Waals surface area (Å²) < 4.78 is 5.74. The fourth-order valence-corrected chi connectivity index (χ4v) is 3.95. The van der Waals surface area contributed by atoms with Crippen LogP contribution in [0.4, 0.5) is 0 Å². The molecule has 0 saturated carbocycles. The molecule has 0 spiro atoms. The van der Waals surface area contributed by atoms with Crippen LogP contribution in [0.1, 0.15) is 55.2 Å². The molecule has 30 heavy (non-hydrogen) atoms. The van der Waals surface area contributed by atoms with Crippen LogP contribution in [0.25, 0.3) is 0 Å². The summed E-state index contributed by atoms with van der Waals surface area (Å²) in [6.07, 6.45) is 3.41. The Bertz CT molecular complexity index is 801. The Morgan fingerprint density at radius 1 is 1.13 bits per heavy atom. The number of benzene rings is 1. The molecule has 1 saturated heterocycles. The zero-order valence-corrected chi connectivity index (χ0v) is 19.0. The molecule has 0 bridgehead atoms. The number of oxazole rings is 1. The average molecular weight is 412 g/mol. The Hall–Kier alpha value is -2.34. The van der Waals surface area contributed by atoms with E-state index in [-0.39, 0.29) is 0 Å². The maximum atomic E-state index is 5.74. The molecule has 1 aliphatic heterocycles. The predicted molar refractivity (Wildman–Crippen MR) is 123 cm³/mol. The molecule has 164 valence electrons. The van der Waals surface area contributed by atoms with Crippen molar-refractivity contribution in [2.24, 2.45) is 10.9 Å². The number of aryl methyl sites for hydroxylation is 3. The zero-order chi connectivity index (χ0) is 21.3.